The SMILES string of the molecule is COC(=O)Nc1ccc2c(c1)CCCCCCC[C@H](N)c1ncc-2[nH]1. The number of aryl methyl sites for hydroxylation is 1. The predicted molar refractivity (Wildman–Crippen MR) is 98.4 cm³/mol. The third-order valence-corrected chi connectivity index (χ3v) is 4.74. The van der Waals surface area contributed by atoms with Gasteiger partial charge in [-0.05, 0) is 37.0 Å². The van der Waals surface area contributed by atoms with Crippen molar-refractivity contribution in [3.8, 4) is 11.3 Å². The number of aromatic amines is 1. The summed E-state index contributed by atoms with van der Waals surface area (Å²) >= 11 is 0. The van der Waals surface area contributed by atoms with E-state index in [1.165, 1.54) is 31.9 Å². The van der Waals surface area contributed by atoms with Crippen molar-refractivity contribution >= 4 is 11.8 Å². The topological polar surface area (TPSA) is 93.0 Å². The van der Waals surface area contributed by atoms with Crippen LogP contribution in [0.3, 0.4) is 0 Å². The molecule has 3 rings (SSSR count). The second-order valence-corrected chi connectivity index (χ2v) is 6.58. The number of ether oxygens (including phenoxy) is 1. The Bertz CT molecular complexity index is 726. The van der Waals surface area contributed by atoms with E-state index in [1.807, 2.05) is 24.4 Å². The van der Waals surface area contributed by atoms with Crippen molar-refractivity contribution in [3.05, 3.63) is 35.8 Å². The minimum atomic E-state index is -0.459. The molecule has 1 aliphatic rings. The Kier molecular flexibility index (Phi) is 5.71. The van der Waals surface area contributed by atoms with E-state index in [1.54, 1.807) is 0 Å². The number of aromatic nitrogens is 2. The van der Waals surface area contributed by atoms with Crippen molar-refractivity contribution in [2.24, 2.45) is 5.73 Å². The highest BCUT2D eigenvalue weighted by atomic mass is 16.5. The molecule has 0 radical (unpaired) electrons. The summed E-state index contributed by atoms with van der Waals surface area (Å²) < 4.78 is 4.68. The number of fused-ring (bicyclic) bond motifs is 4. The van der Waals surface area contributed by atoms with Crippen LogP contribution in [0.2, 0.25) is 0 Å². The molecule has 1 amide bonds. The van der Waals surface area contributed by atoms with Gasteiger partial charge in [0.25, 0.3) is 0 Å². The second kappa shape index (κ2) is 8.16. The van der Waals surface area contributed by atoms with E-state index in [4.69, 9.17) is 5.73 Å². The van der Waals surface area contributed by atoms with Gasteiger partial charge in [-0.25, -0.2) is 9.78 Å². The first-order valence-corrected chi connectivity index (χ1v) is 8.96. The first-order chi connectivity index (χ1) is 12.2. The Morgan fingerprint density at radius 2 is 2.08 bits per heavy atom. The first kappa shape index (κ1) is 17.5. The van der Waals surface area contributed by atoms with Crippen LogP contribution in [0.25, 0.3) is 11.3 Å². The predicted octanol–water partition coefficient (Wildman–Crippen LogP) is 4.15. The lowest BCUT2D eigenvalue weighted by atomic mass is 9.98. The largest absolute Gasteiger partial charge is 0.453 e. The summed E-state index contributed by atoms with van der Waals surface area (Å²) in [5, 5.41) is 2.74. The molecule has 25 heavy (non-hydrogen) atoms. The summed E-state index contributed by atoms with van der Waals surface area (Å²) in [5.41, 5.74) is 10.3. The van der Waals surface area contributed by atoms with E-state index in [0.717, 1.165) is 48.5 Å². The van der Waals surface area contributed by atoms with Crippen LogP contribution in [0.4, 0.5) is 10.5 Å². The standard InChI is InChI=1S/C19H26N4O2/c1-25-19(24)22-14-9-10-15-13(11-14)7-5-3-2-4-6-8-16(20)18-21-12-17(15)23-18/h9-12,16H,2-8,20H2,1H3,(H,21,23)(H,22,24)/t16-/m0/s1. The Morgan fingerprint density at radius 3 is 2.92 bits per heavy atom. The van der Waals surface area contributed by atoms with Crippen LogP contribution in [0.5, 0.6) is 0 Å². The van der Waals surface area contributed by atoms with Gasteiger partial charge in [0.2, 0.25) is 0 Å². The smallest absolute Gasteiger partial charge is 0.411 e. The van der Waals surface area contributed by atoms with E-state index in [0.29, 0.717) is 0 Å². The van der Waals surface area contributed by atoms with Gasteiger partial charge in [0.1, 0.15) is 5.82 Å². The summed E-state index contributed by atoms with van der Waals surface area (Å²) in [6.07, 6.45) is 9.22. The molecule has 1 aromatic heterocycles. The number of imidazole rings is 1. The summed E-state index contributed by atoms with van der Waals surface area (Å²) in [6.45, 7) is 0. The van der Waals surface area contributed by atoms with Gasteiger partial charge in [-0.2, -0.15) is 0 Å². The highest BCUT2D eigenvalue weighted by molar-refractivity contribution is 5.85. The van der Waals surface area contributed by atoms with Crippen molar-refractivity contribution in [2.45, 2.75) is 51.0 Å². The van der Waals surface area contributed by atoms with Gasteiger partial charge in [0.15, 0.2) is 0 Å². The Morgan fingerprint density at radius 1 is 1.28 bits per heavy atom. The van der Waals surface area contributed by atoms with Crippen LogP contribution in [0, 0.1) is 0 Å². The van der Waals surface area contributed by atoms with Gasteiger partial charge in [-0.3, -0.25) is 5.32 Å². The van der Waals surface area contributed by atoms with Crippen LogP contribution >= 0.6 is 0 Å². The Labute approximate surface area is 148 Å². The normalized spacial score (nSPS) is 18.2. The molecule has 0 saturated heterocycles. The maximum atomic E-state index is 11.5. The number of methoxy groups -OCH3 is 1. The fourth-order valence-corrected chi connectivity index (χ4v) is 3.32. The lowest BCUT2D eigenvalue weighted by molar-refractivity contribution is 0.187. The number of hydrogen-bond donors (Lipinski definition) is 3. The molecule has 0 aliphatic carbocycles. The maximum Gasteiger partial charge on any atom is 0.411 e. The number of anilines is 1. The van der Waals surface area contributed by atoms with Gasteiger partial charge in [0.05, 0.1) is 25.0 Å². The van der Waals surface area contributed by atoms with Gasteiger partial charge in [-0.1, -0.05) is 31.7 Å². The molecule has 2 heterocycles. The van der Waals surface area contributed by atoms with Crippen LogP contribution in [0.1, 0.15) is 56.0 Å². The minimum Gasteiger partial charge on any atom is -0.453 e. The number of nitrogens with zero attached hydrogens (tertiary/aromatic N) is 1. The first-order valence-electron chi connectivity index (χ1n) is 8.96. The molecule has 6 nitrogen and oxygen atoms in total. The number of amides is 1. The van der Waals surface area contributed by atoms with Gasteiger partial charge >= 0.3 is 6.09 Å². The number of carbonyl (C=O) groups excluding carboxylic acids is 1. The van der Waals surface area contributed by atoms with Crippen molar-refractivity contribution in [2.75, 3.05) is 12.4 Å². The van der Waals surface area contributed by atoms with Crippen LogP contribution < -0.4 is 11.1 Å². The highest BCUT2D eigenvalue weighted by Crippen LogP contribution is 2.29. The zero-order chi connectivity index (χ0) is 17.6. The summed E-state index contributed by atoms with van der Waals surface area (Å²) in [6, 6.07) is 5.88. The number of H-pyrrole nitrogens is 1. The molecule has 2 aromatic rings. The number of benzene rings is 1. The number of rotatable bonds is 1. The van der Waals surface area contributed by atoms with Gasteiger partial charge in [0, 0.05) is 11.3 Å². The molecule has 0 unspecified atom stereocenters. The molecular formula is C19H26N4O2. The zero-order valence-electron chi connectivity index (χ0n) is 14.7. The van der Waals surface area contributed by atoms with Crippen LogP contribution in [-0.4, -0.2) is 23.2 Å². The van der Waals surface area contributed by atoms with E-state index in [2.05, 4.69) is 20.0 Å². The number of nitrogens with one attached hydrogen (secondary N) is 2. The molecule has 0 spiro atoms. The molecule has 1 atom stereocenters. The van der Waals surface area contributed by atoms with Gasteiger partial charge in [-0.15, -0.1) is 0 Å². The number of nitrogens with two attached hydrogens (primary N) is 1. The molecule has 4 N–H and O–H groups in total. The lowest BCUT2D eigenvalue weighted by Gasteiger charge is -2.11. The Balaban J connectivity index is 1.92. The van der Waals surface area contributed by atoms with E-state index in [-0.39, 0.29) is 6.04 Å². The van der Waals surface area contributed by atoms with Crippen LogP contribution in [0.15, 0.2) is 24.4 Å². The Hall–Kier alpha value is -2.34. The molecular weight excluding hydrogens is 316 g/mol. The highest BCUT2D eigenvalue weighted by Gasteiger charge is 2.15. The fraction of sp³-hybridized carbons (Fsp3) is 0.474. The fourth-order valence-electron chi connectivity index (χ4n) is 3.32. The maximum absolute atomic E-state index is 11.5. The molecule has 0 fully saturated rings. The molecule has 6 heteroatoms. The quantitative estimate of drug-likeness (QED) is 0.726. The van der Waals surface area contributed by atoms with Crippen molar-refractivity contribution < 1.29 is 9.53 Å². The van der Waals surface area contributed by atoms with Crippen molar-refractivity contribution in [3.63, 3.8) is 0 Å². The van der Waals surface area contributed by atoms with Crippen molar-refractivity contribution in [1.82, 2.24) is 9.97 Å². The van der Waals surface area contributed by atoms with E-state index >= 15 is 0 Å². The summed E-state index contributed by atoms with van der Waals surface area (Å²) in [4.78, 5) is 19.3. The van der Waals surface area contributed by atoms with E-state index in [9.17, 15) is 4.79 Å². The minimum absolute atomic E-state index is 0.0433. The molecule has 1 aliphatic heterocycles. The number of hydrogen-bond acceptors (Lipinski definition) is 4. The summed E-state index contributed by atoms with van der Waals surface area (Å²) in [7, 11) is 1.36. The van der Waals surface area contributed by atoms with Crippen molar-refractivity contribution in [1.29, 1.82) is 0 Å². The third-order valence-electron chi connectivity index (χ3n) is 4.74. The molecule has 2 bridgehead atoms. The lowest BCUT2D eigenvalue weighted by Crippen LogP contribution is -2.12. The second-order valence-electron chi connectivity index (χ2n) is 6.58. The average Bonchev–Trinajstić information content (AvgIpc) is 3.10. The molecule has 1 aromatic carbocycles. The van der Waals surface area contributed by atoms with Gasteiger partial charge < -0.3 is 15.5 Å². The molecule has 134 valence electrons. The number of carbonyl (C=O) groups is 1. The molecule has 0 saturated carbocycles. The van der Waals surface area contributed by atoms with Crippen LogP contribution in [-0.2, 0) is 11.2 Å². The van der Waals surface area contributed by atoms with E-state index < -0.39 is 6.09 Å². The monoisotopic (exact) mass is 342 g/mol. The third kappa shape index (κ3) is 4.39. The zero-order valence-corrected chi connectivity index (χ0v) is 14.7. The summed E-state index contributed by atoms with van der Waals surface area (Å²) in [5.74, 6) is 0.844. The average molecular weight is 342 g/mol.